The van der Waals surface area contributed by atoms with Gasteiger partial charge < -0.3 is 11.1 Å². The number of halogens is 1. The Morgan fingerprint density at radius 2 is 2.15 bits per heavy atom. The first-order valence-electron chi connectivity index (χ1n) is 7.11. The molecule has 0 saturated heterocycles. The Kier molecular flexibility index (Phi) is 5.71. The second kappa shape index (κ2) is 7.53. The molecule has 2 rings (SSSR count). The fraction of sp³-hybridized carbons (Fsp3) is 0.533. The Hall–Kier alpha value is -1.23. The number of nitrogens with one attached hydrogen (secondary N) is 1. The van der Waals surface area contributed by atoms with E-state index in [1.54, 1.807) is 0 Å². The molecule has 0 bridgehead atoms. The van der Waals surface area contributed by atoms with Crippen LogP contribution in [-0.4, -0.2) is 16.9 Å². The molecule has 0 aliphatic heterocycles. The van der Waals surface area contributed by atoms with Crippen LogP contribution in [0.5, 0.6) is 0 Å². The van der Waals surface area contributed by atoms with Gasteiger partial charge in [-0.3, -0.25) is 4.79 Å². The van der Waals surface area contributed by atoms with E-state index in [0.29, 0.717) is 12.1 Å². The van der Waals surface area contributed by atoms with Crippen molar-refractivity contribution in [3.05, 3.63) is 24.0 Å². The van der Waals surface area contributed by atoms with Crippen LogP contribution in [0, 0.1) is 5.82 Å². The molecule has 1 saturated carbocycles. The fourth-order valence-corrected chi connectivity index (χ4v) is 3.70. The summed E-state index contributed by atoms with van der Waals surface area (Å²) in [6.45, 7) is 0. The van der Waals surface area contributed by atoms with E-state index in [2.05, 4.69) is 5.32 Å². The molecule has 110 valence electrons. The minimum Gasteiger partial charge on any atom is -0.399 e. The van der Waals surface area contributed by atoms with E-state index in [0.717, 1.165) is 17.4 Å². The highest BCUT2D eigenvalue weighted by Gasteiger charge is 2.15. The number of amides is 1. The lowest BCUT2D eigenvalue weighted by atomic mass is 10.2. The normalized spacial score (nSPS) is 15.4. The third kappa shape index (κ3) is 4.71. The maximum absolute atomic E-state index is 13.4. The largest absolute Gasteiger partial charge is 0.399 e. The summed E-state index contributed by atoms with van der Waals surface area (Å²) in [6, 6.07) is 4.19. The summed E-state index contributed by atoms with van der Waals surface area (Å²) in [5.41, 5.74) is 6.18. The average molecular weight is 296 g/mol. The van der Waals surface area contributed by atoms with Crippen molar-refractivity contribution >= 4 is 29.0 Å². The molecule has 1 amide bonds. The monoisotopic (exact) mass is 296 g/mol. The number of rotatable bonds is 6. The summed E-state index contributed by atoms with van der Waals surface area (Å²) in [6.07, 6.45) is 6.56. The van der Waals surface area contributed by atoms with Gasteiger partial charge in [-0.2, -0.15) is 11.8 Å². The Labute approximate surface area is 123 Å². The summed E-state index contributed by atoms with van der Waals surface area (Å²) < 4.78 is 13.4. The quantitative estimate of drug-likeness (QED) is 0.620. The van der Waals surface area contributed by atoms with E-state index in [4.69, 9.17) is 5.73 Å². The zero-order valence-electron chi connectivity index (χ0n) is 11.5. The van der Waals surface area contributed by atoms with E-state index >= 15 is 0 Å². The highest BCUT2D eigenvalue weighted by molar-refractivity contribution is 7.99. The third-order valence-corrected chi connectivity index (χ3v) is 4.94. The van der Waals surface area contributed by atoms with Crippen LogP contribution in [0.1, 0.15) is 38.5 Å². The molecule has 5 heteroatoms. The van der Waals surface area contributed by atoms with Crippen LogP contribution in [0.3, 0.4) is 0 Å². The van der Waals surface area contributed by atoms with Crippen molar-refractivity contribution in [3.63, 3.8) is 0 Å². The van der Waals surface area contributed by atoms with Crippen LogP contribution in [0.2, 0.25) is 0 Å². The number of carbonyl (C=O) groups is 1. The van der Waals surface area contributed by atoms with Gasteiger partial charge in [0.15, 0.2) is 0 Å². The van der Waals surface area contributed by atoms with Crippen LogP contribution in [0.4, 0.5) is 15.8 Å². The van der Waals surface area contributed by atoms with E-state index in [1.165, 1.54) is 43.9 Å². The molecule has 3 N–H and O–H groups in total. The summed E-state index contributed by atoms with van der Waals surface area (Å²) >= 11 is 1.96. The summed E-state index contributed by atoms with van der Waals surface area (Å²) in [5.74, 6) is 0.395. The second-order valence-electron chi connectivity index (χ2n) is 5.17. The van der Waals surface area contributed by atoms with E-state index in [9.17, 15) is 9.18 Å². The Balaban J connectivity index is 1.68. The van der Waals surface area contributed by atoms with E-state index in [-0.39, 0.29) is 11.6 Å². The van der Waals surface area contributed by atoms with Crippen molar-refractivity contribution in [1.29, 1.82) is 0 Å². The first-order chi connectivity index (χ1) is 9.65. The Bertz CT molecular complexity index is 461. The lowest BCUT2D eigenvalue weighted by molar-refractivity contribution is -0.116. The van der Waals surface area contributed by atoms with E-state index in [1.807, 2.05) is 11.8 Å². The van der Waals surface area contributed by atoms with Gasteiger partial charge in [0.1, 0.15) is 5.82 Å². The van der Waals surface area contributed by atoms with Crippen molar-refractivity contribution in [2.75, 3.05) is 16.8 Å². The Morgan fingerprint density at radius 3 is 2.90 bits per heavy atom. The molecule has 1 aliphatic carbocycles. The van der Waals surface area contributed by atoms with Crippen LogP contribution in [-0.2, 0) is 4.79 Å². The van der Waals surface area contributed by atoms with Gasteiger partial charge in [-0.15, -0.1) is 0 Å². The number of carbonyl (C=O) groups excluding carboxylic acids is 1. The van der Waals surface area contributed by atoms with Gasteiger partial charge in [-0.05, 0) is 43.2 Å². The molecule has 0 unspecified atom stereocenters. The SMILES string of the molecule is Nc1ccc(F)c(NC(=O)CCCSC2CCCC2)c1. The average Bonchev–Trinajstić information content (AvgIpc) is 2.92. The van der Waals surface area contributed by atoms with Crippen molar-refractivity contribution in [1.82, 2.24) is 0 Å². The van der Waals surface area contributed by atoms with Gasteiger partial charge in [-0.1, -0.05) is 12.8 Å². The molecule has 0 radical (unpaired) electrons. The molecule has 20 heavy (non-hydrogen) atoms. The molecule has 1 fully saturated rings. The number of anilines is 2. The molecule has 1 aliphatic rings. The topological polar surface area (TPSA) is 55.1 Å². The highest BCUT2D eigenvalue weighted by Crippen LogP contribution is 2.29. The van der Waals surface area contributed by atoms with Gasteiger partial charge >= 0.3 is 0 Å². The third-order valence-electron chi connectivity index (χ3n) is 3.47. The number of hydrogen-bond donors (Lipinski definition) is 2. The minimum atomic E-state index is -0.451. The molecule has 0 aromatic heterocycles. The maximum Gasteiger partial charge on any atom is 0.224 e. The number of hydrogen-bond acceptors (Lipinski definition) is 3. The zero-order valence-corrected chi connectivity index (χ0v) is 12.3. The summed E-state index contributed by atoms with van der Waals surface area (Å²) in [5, 5.41) is 3.36. The fourth-order valence-electron chi connectivity index (χ4n) is 2.39. The number of thioether (sulfide) groups is 1. The van der Waals surface area contributed by atoms with Crippen LogP contribution >= 0.6 is 11.8 Å². The summed E-state index contributed by atoms with van der Waals surface area (Å²) in [4.78, 5) is 11.7. The van der Waals surface area contributed by atoms with Crippen LogP contribution < -0.4 is 11.1 Å². The second-order valence-corrected chi connectivity index (χ2v) is 6.58. The van der Waals surface area contributed by atoms with Crippen LogP contribution in [0.15, 0.2) is 18.2 Å². The number of nitrogen functional groups attached to an aromatic ring is 1. The van der Waals surface area contributed by atoms with Crippen molar-refractivity contribution in [2.24, 2.45) is 0 Å². The van der Waals surface area contributed by atoms with Crippen molar-refractivity contribution < 1.29 is 9.18 Å². The smallest absolute Gasteiger partial charge is 0.224 e. The molecular weight excluding hydrogens is 275 g/mol. The lowest BCUT2D eigenvalue weighted by Crippen LogP contribution is -2.13. The van der Waals surface area contributed by atoms with Gasteiger partial charge in [0.2, 0.25) is 5.91 Å². The predicted molar refractivity (Wildman–Crippen MR) is 83.4 cm³/mol. The summed E-state index contributed by atoms with van der Waals surface area (Å²) in [7, 11) is 0. The van der Waals surface area contributed by atoms with Gasteiger partial charge in [0.05, 0.1) is 5.69 Å². The lowest BCUT2D eigenvalue weighted by Gasteiger charge is -2.09. The number of nitrogens with two attached hydrogens (primary N) is 1. The minimum absolute atomic E-state index is 0.151. The van der Waals surface area contributed by atoms with Gasteiger partial charge in [0, 0.05) is 17.4 Å². The Morgan fingerprint density at radius 1 is 1.40 bits per heavy atom. The molecule has 0 heterocycles. The van der Waals surface area contributed by atoms with Crippen molar-refractivity contribution in [3.8, 4) is 0 Å². The maximum atomic E-state index is 13.4. The first kappa shape index (κ1) is 15.2. The van der Waals surface area contributed by atoms with Crippen LogP contribution in [0.25, 0.3) is 0 Å². The first-order valence-corrected chi connectivity index (χ1v) is 8.16. The zero-order chi connectivity index (χ0) is 14.4. The molecular formula is C15H21FN2OS. The molecule has 3 nitrogen and oxygen atoms in total. The van der Waals surface area contributed by atoms with Gasteiger partial charge in [-0.25, -0.2) is 4.39 Å². The highest BCUT2D eigenvalue weighted by atomic mass is 32.2. The molecule has 1 aromatic carbocycles. The number of benzene rings is 1. The van der Waals surface area contributed by atoms with Crippen molar-refractivity contribution in [2.45, 2.75) is 43.8 Å². The standard InChI is InChI=1S/C15H21FN2OS/c16-13-8-7-11(17)10-14(13)18-15(19)6-3-9-20-12-4-1-2-5-12/h7-8,10,12H,1-6,9,17H2,(H,18,19). The van der Waals surface area contributed by atoms with Gasteiger partial charge in [0.25, 0.3) is 0 Å². The van der Waals surface area contributed by atoms with E-state index < -0.39 is 5.82 Å². The molecule has 0 atom stereocenters. The predicted octanol–water partition coefficient (Wildman–Crippen LogP) is 3.80. The molecule has 0 spiro atoms. The molecule has 1 aromatic rings.